The number of nitrogens with one attached hydrogen (secondary N) is 1. The van der Waals surface area contributed by atoms with Crippen molar-refractivity contribution in [3.8, 4) is 0 Å². The number of hydrogen-bond acceptors (Lipinski definition) is 4. The molecular weight excluding hydrogens is 260 g/mol. The van der Waals surface area contributed by atoms with Crippen LogP contribution >= 0.6 is 0 Å². The second-order valence-corrected chi connectivity index (χ2v) is 5.73. The summed E-state index contributed by atoms with van der Waals surface area (Å²) >= 11 is 0. The lowest BCUT2D eigenvalue weighted by Gasteiger charge is -2.25. The van der Waals surface area contributed by atoms with E-state index in [0.717, 1.165) is 32.4 Å². The summed E-state index contributed by atoms with van der Waals surface area (Å²) in [4.78, 5) is 25.0. The van der Waals surface area contributed by atoms with E-state index in [0.29, 0.717) is 25.3 Å². The highest BCUT2D eigenvalue weighted by Crippen LogP contribution is 2.24. The van der Waals surface area contributed by atoms with E-state index in [4.69, 9.17) is 4.74 Å². The van der Waals surface area contributed by atoms with E-state index in [1.807, 2.05) is 0 Å². The smallest absolute Gasteiger partial charge is 0.326 e. The van der Waals surface area contributed by atoms with Gasteiger partial charge in [-0.25, -0.2) is 4.79 Å². The maximum atomic E-state index is 12.3. The average molecular weight is 284 g/mol. The van der Waals surface area contributed by atoms with Crippen molar-refractivity contribution in [2.75, 3.05) is 26.7 Å². The number of nitrogens with zero attached hydrogens (tertiary/aromatic N) is 1. The Morgan fingerprint density at radius 1 is 1.35 bits per heavy atom. The summed E-state index contributed by atoms with van der Waals surface area (Å²) < 4.78 is 5.20. The number of likely N-dealkylation sites (tertiary alicyclic amines) is 1. The number of carboxylic acids is 1. The van der Waals surface area contributed by atoms with Gasteiger partial charge in [0.1, 0.15) is 6.04 Å². The van der Waals surface area contributed by atoms with Gasteiger partial charge in [-0.2, -0.15) is 0 Å². The zero-order chi connectivity index (χ0) is 14.5. The number of amides is 1. The molecule has 0 saturated carbocycles. The van der Waals surface area contributed by atoms with Gasteiger partial charge in [-0.15, -0.1) is 0 Å². The molecule has 2 atom stereocenters. The molecule has 2 unspecified atom stereocenters. The van der Waals surface area contributed by atoms with Gasteiger partial charge in [0, 0.05) is 26.5 Å². The highest BCUT2D eigenvalue weighted by Gasteiger charge is 2.39. The van der Waals surface area contributed by atoms with E-state index in [1.165, 1.54) is 4.90 Å². The highest BCUT2D eigenvalue weighted by molar-refractivity contribution is 5.84. The van der Waals surface area contributed by atoms with Crippen molar-refractivity contribution in [2.45, 2.75) is 44.2 Å². The number of methoxy groups -OCH3 is 1. The third-order valence-electron chi connectivity index (χ3n) is 4.43. The Morgan fingerprint density at radius 3 is 2.65 bits per heavy atom. The van der Waals surface area contributed by atoms with E-state index in [-0.39, 0.29) is 12.0 Å². The minimum atomic E-state index is -0.931. The Morgan fingerprint density at radius 2 is 2.05 bits per heavy atom. The quantitative estimate of drug-likeness (QED) is 0.767. The average Bonchev–Trinajstić information content (AvgIpc) is 2.90. The van der Waals surface area contributed by atoms with E-state index >= 15 is 0 Å². The second kappa shape index (κ2) is 7.04. The van der Waals surface area contributed by atoms with Crippen LogP contribution in [0, 0.1) is 5.92 Å². The van der Waals surface area contributed by atoms with E-state index in [2.05, 4.69) is 5.32 Å². The lowest BCUT2D eigenvalue weighted by atomic mass is 9.93. The molecule has 2 heterocycles. The topological polar surface area (TPSA) is 78.9 Å². The number of piperidine rings is 1. The van der Waals surface area contributed by atoms with Gasteiger partial charge in [0.05, 0.1) is 6.10 Å². The monoisotopic (exact) mass is 284 g/mol. The Hall–Kier alpha value is -1.14. The predicted octanol–water partition coefficient (Wildman–Crippen LogP) is 0.467. The Kier molecular flexibility index (Phi) is 5.37. The van der Waals surface area contributed by atoms with Crippen molar-refractivity contribution in [2.24, 2.45) is 5.92 Å². The van der Waals surface area contributed by atoms with Crippen molar-refractivity contribution in [3.63, 3.8) is 0 Å². The van der Waals surface area contributed by atoms with E-state index in [1.54, 1.807) is 7.11 Å². The fraction of sp³-hybridized carbons (Fsp3) is 0.857. The van der Waals surface area contributed by atoms with E-state index in [9.17, 15) is 14.7 Å². The summed E-state index contributed by atoms with van der Waals surface area (Å²) in [5.74, 6) is -0.389. The summed E-state index contributed by atoms with van der Waals surface area (Å²) in [6, 6.07) is -0.722. The fourth-order valence-electron chi connectivity index (χ4n) is 3.12. The molecule has 114 valence electrons. The first-order chi connectivity index (χ1) is 9.61. The van der Waals surface area contributed by atoms with Gasteiger partial charge in [0.25, 0.3) is 0 Å². The minimum Gasteiger partial charge on any atom is -0.480 e. The van der Waals surface area contributed by atoms with Gasteiger partial charge in [-0.3, -0.25) is 4.79 Å². The third-order valence-corrected chi connectivity index (χ3v) is 4.43. The first-order valence-electron chi connectivity index (χ1n) is 7.37. The molecule has 0 spiro atoms. The van der Waals surface area contributed by atoms with Crippen LogP contribution in [0.4, 0.5) is 0 Å². The number of ether oxygens (including phenoxy) is 1. The first-order valence-corrected chi connectivity index (χ1v) is 7.37. The number of carbonyl (C=O) groups is 2. The van der Waals surface area contributed by atoms with Crippen molar-refractivity contribution < 1.29 is 19.4 Å². The Bertz CT molecular complexity index is 355. The van der Waals surface area contributed by atoms with Crippen LogP contribution in [0.15, 0.2) is 0 Å². The van der Waals surface area contributed by atoms with Crippen LogP contribution in [0.25, 0.3) is 0 Å². The molecule has 0 bridgehead atoms. The SMILES string of the molecule is COC1CC(C(=O)O)N(C(=O)CCC2CCNCC2)C1. The van der Waals surface area contributed by atoms with Crippen molar-refractivity contribution >= 4 is 11.9 Å². The minimum absolute atomic E-state index is 0.0458. The highest BCUT2D eigenvalue weighted by atomic mass is 16.5. The normalized spacial score (nSPS) is 27.8. The van der Waals surface area contributed by atoms with Crippen LogP contribution < -0.4 is 5.32 Å². The Labute approximate surface area is 119 Å². The molecule has 6 heteroatoms. The van der Waals surface area contributed by atoms with Crippen LogP contribution in [-0.2, 0) is 14.3 Å². The molecule has 2 saturated heterocycles. The molecule has 2 N–H and O–H groups in total. The van der Waals surface area contributed by atoms with Crippen LogP contribution in [0.2, 0.25) is 0 Å². The maximum absolute atomic E-state index is 12.3. The molecule has 6 nitrogen and oxygen atoms in total. The van der Waals surface area contributed by atoms with Crippen LogP contribution in [0.3, 0.4) is 0 Å². The van der Waals surface area contributed by atoms with Gasteiger partial charge in [-0.05, 0) is 38.3 Å². The predicted molar refractivity (Wildman–Crippen MR) is 73.4 cm³/mol. The van der Waals surface area contributed by atoms with Crippen molar-refractivity contribution in [1.29, 1.82) is 0 Å². The summed E-state index contributed by atoms with van der Waals surface area (Å²) in [5.41, 5.74) is 0. The molecule has 1 amide bonds. The Balaban J connectivity index is 1.85. The molecule has 0 aromatic rings. The summed E-state index contributed by atoms with van der Waals surface area (Å²) in [6.45, 7) is 2.44. The molecule has 20 heavy (non-hydrogen) atoms. The molecule has 2 aliphatic rings. The summed E-state index contributed by atoms with van der Waals surface area (Å²) in [6.07, 6.45) is 3.77. The van der Waals surface area contributed by atoms with E-state index < -0.39 is 12.0 Å². The number of carboxylic acid groups (broad SMARTS) is 1. The first kappa shape index (κ1) is 15.3. The zero-order valence-corrected chi connectivity index (χ0v) is 12.0. The molecular formula is C14H24N2O4. The van der Waals surface area contributed by atoms with Crippen LogP contribution in [0.5, 0.6) is 0 Å². The standard InChI is InChI=1S/C14H24N2O4/c1-20-11-8-12(14(18)19)16(9-11)13(17)3-2-10-4-6-15-7-5-10/h10-12,15H,2-9H2,1H3,(H,18,19). The molecule has 0 aromatic heterocycles. The number of rotatable bonds is 5. The molecule has 2 fully saturated rings. The van der Waals surface area contributed by atoms with Gasteiger partial charge >= 0.3 is 5.97 Å². The number of hydrogen-bond donors (Lipinski definition) is 2. The molecule has 2 rings (SSSR count). The van der Waals surface area contributed by atoms with Gasteiger partial charge in [0.2, 0.25) is 5.91 Å². The molecule has 0 aromatic carbocycles. The summed E-state index contributed by atoms with van der Waals surface area (Å²) in [7, 11) is 1.56. The van der Waals surface area contributed by atoms with Crippen molar-refractivity contribution in [1.82, 2.24) is 10.2 Å². The van der Waals surface area contributed by atoms with Crippen LogP contribution in [0.1, 0.15) is 32.1 Å². The molecule has 0 aliphatic carbocycles. The molecule has 2 aliphatic heterocycles. The number of carbonyl (C=O) groups excluding carboxylic acids is 1. The zero-order valence-electron chi connectivity index (χ0n) is 12.0. The van der Waals surface area contributed by atoms with Gasteiger partial charge in [-0.1, -0.05) is 0 Å². The molecule has 0 radical (unpaired) electrons. The lowest BCUT2D eigenvalue weighted by Crippen LogP contribution is -2.40. The lowest BCUT2D eigenvalue weighted by molar-refractivity contribution is -0.148. The fourth-order valence-corrected chi connectivity index (χ4v) is 3.12. The third kappa shape index (κ3) is 3.70. The van der Waals surface area contributed by atoms with Gasteiger partial charge in [0.15, 0.2) is 0 Å². The van der Waals surface area contributed by atoms with Crippen LogP contribution in [-0.4, -0.2) is 60.8 Å². The second-order valence-electron chi connectivity index (χ2n) is 5.73. The van der Waals surface area contributed by atoms with Crippen molar-refractivity contribution in [3.05, 3.63) is 0 Å². The largest absolute Gasteiger partial charge is 0.480 e. The summed E-state index contributed by atoms with van der Waals surface area (Å²) in [5, 5.41) is 12.5. The van der Waals surface area contributed by atoms with Gasteiger partial charge < -0.3 is 20.1 Å². The number of aliphatic carboxylic acids is 1. The maximum Gasteiger partial charge on any atom is 0.326 e.